The largest absolute Gasteiger partial charge is 0.437 e. The number of carbonyl (C=O) groups excluding carboxylic acids is 1. The first-order chi connectivity index (χ1) is 7.79. The van der Waals surface area contributed by atoms with Crippen LogP contribution < -0.4 is 11.0 Å². The maximum atomic E-state index is 10.9. The molecule has 0 bridgehead atoms. The van der Waals surface area contributed by atoms with Crippen molar-refractivity contribution in [1.29, 1.82) is 0 Å². The SMILES string of the molecule is O=C(CCl)N/N=c1/ccc2ccccc2o1. The Morgan fingerprint density at radius 2 is 2.12 bits per heavy atom. The number of amides is 1. The van der Waals surface area contributed by atoms with Crippen LogP contribution in [0.25, 0.3) is 11.0 Å². The van der Waals surface area contributed by atoms with E-state index in [-0.39, 0.29) is 11.8 Å². The Kier molecular flexibility index (Phi) is 3.22. The van der Waals surface area contributed by atoms with E-state index in [9.17, 15) is 4.79 Å². The van der Waals surface area contributed by atoms with Crippen LogP contribution in [0.3, 0.4) is 0 Å². The van der Waals surface area contributed by atoms with Crippen LogP contribution in [0.4, 0.5) is 0 Å². The molecule has 0 aliphatic carbocycles. The molecule has 16 heavy (non-hydrogen) atoms. The van der Waals surface area contributed by atoms with E-state index >= 15 is 0 Å². The van der Waals surface area contributed by atoms with Crippen molar-refractivity contribution >= 4 is 28.5 Å². The zero-order valence-corrected chi connectivity index (χ0v) is 9.07. The second-order valence-corrected chi connectivity index (χ2v) is 3.36. The van der Waals surface area contributed by atoms with Gasteiger partial charge in [0.1, 0.15) is 11.5 Å². The summed E-state index contributed by atoms with van der Waals surface area (Å²) in [5.41, 5.74) is 3.32. The van der Waals surface area contributed by atoms with Crippen LogP contribution in [-0.2, 0) is 4.79 Å². The van der Waals surface area contributed by atoms with Crippen molar-refractivity contribution in [3.8, 4) is 0 Å². The predicted molar refractivity (Wildman–Crippen MR) is 60.6 cm³/mol. The third-order valence-corrected chi connectivity index (χ3v) is 2.19. The van der Waals surface area contributed by atoms with Gasteiger partial charge >= 0.3 is 0 Å². The van der Waals surface area contributed by atoms with E-state index in [1.807, 2.05) is 30.3 Å². The van der Waals surface area contributed by atoms with E-state index in [2.05, 4.69) is 10.5 Å². The van der Waals surface area contributed by atoms with Crippen molar-refractivity contribution < 1.29 is 9.21 Å². The number of hydrogen-bond donors (Lipinski definition) is 1. The molecule has 2 aromatic rings. The van der Waals surface area contributed by atoms with Crippen LogP contribution >= 0.6 is 11.6 Å². The monoisotopic (exact) mass is 236 g/mol. The second-order valence-electron chi connectivity index (χ2n) is 3.09. The van der Waals surface area contributed by atoms with Crippen LogP contribution in [0.5, 0.6) is 0 Å². The molecule has 0 radical (unpaired) electrons. The third-order valence-electron chi connectivity index (χ3n) is 1.95. The van der Waals surface area contributed by atoms with E-state index in [0.29, 0.717) is 11.1 Å². The van der Waals surface area contributed by atoms with Gasteiger partial charge in [0.05, 0.1) is 0 Å². The van der Waals surface area contributed by atoms with Crippen LogP contribution in [-0.4, -0.2) is 11.8 Å². The molecule has 0 atom stereocenters. The van der Waals surface area contributed by atoms with E-state index < -0.39 is 0 Å². The smallest absolute Gasteiger partial charge is 0.255 e. The number of halogens is 1. The zero-order valence-electron chi connectivity index (χ0n) is 8.31. The van der Waals surface area contributed by atoms with Gasteiger partial charge in [-0.05, 0) is 12.1 Å². The van der Waals surface area contributed by atoms with Crippen molar-refractivity contribution in [3.63, 3.8) is 0 Å². The minimum absolute atomic E-state index is 0.128. The number of benzene rings is 1. The van der Waals surface area contributed by atoms with Crippen LogP contribution in [0, 0.1) is 0 Å². The maximum Gasteiger partial charge on any atom is 0.255 e. The Balaban J connectivity index is 2.35. The average molecular weight is 237 g/mol. The lowest BCUT2D eigenvalue weighted by Crippen LogP contribution is -2.21. The highest BCUT2D eigenvalue weighted by molar-refractivity contribution is 6.27. The molecule has 0 unspecified atom stereocenters. The van der Waals surface area contributed by atoms with Crippen LogP contribution in [0.2, 0.25) is 0 Å². The summed E-state index contributed by atoms with van der Waals surface area (Å²) in [4.78, 5) is 10.9. The predicted octanol–water partition coefficient (Wildman–Crippen LogP) is 1.60. The summed E-state index contributed by atoms with van der Waals surface area (Å²) >= 11 is 5.31. The molecule has 1 heterocycles. The summed E-state index contributed by atoms with van der Waals surface area (Å²) in [6.45, 7) is 0. The van der Waals surface area contributed by atoms with E-state index in [1.165, 1.54) is 0 Å². The molecular formula is C11H9ClN2O2. The Labute approximate surface area is 96.5 Å². The van der Waals surface area contributed by atoms with E-state index in [0.717, 1.165) is 5.39 Å². The molecule has 0 saturated heterocycles. The lowest BCUT2D eigenvalue weighted by Gasteiger charge is -1.96. The number of para-hydroxylation sites is 1. The highest BCUT2D eigenvalue weighted by Gasteiger charge is 1.96. The number of nitrogens with one attached hydrogen (secondary N) is 1. The van der Waals surface area contributed by atoms with Gasteiger partial charge in [0.15, 0.2) is 0 Å². The van der Waals surface area contributed by atoms with E-state index in [4.69, 9.17) is 16.0 Å². The molecule has 1 aromatic carbocycles. The molecular weight excluding hydrogens is 228 g/mol. The number of hydrogen-bond acceptors (Lipinski definition) is 3. The Morgan fingerprint density at radius 3 is 2.94 bits per heavy atom. The Hall–Kier alpha value is -1.81. The molecule has 0 aliphatic rings. The molecule has 0 saturated carbocycles. The fraction of sp³-hybridized carbons (Fsp3) is 0.0909. The van der Waals surface area contributed by atoms with Gasteiger partial charge in [0.2, 0.25) is 5.55 Å². The molecule has 5 heteroatoms. The molecule has 1 aromatic heterocycles. The molecule has 2 rings (SSSR count). The van der Waals surface area contributed by atoms with Gasteiger partial charge in [-0.1, -0.05) is 18.2 Å². The van der Waals surface area contributed by atoms with Crippen molar-refractivity contribution in [1.82, 2.24) is 5.43 Å². The third kappa shape index (κ3) is 2.41. The number of fused-ring (bicyclic) bond motifs is 1. The minimum Gasteiger partial charge on any atom is -0.437 e. The zero-order chi connectivity index (χ0) is 11.4. The van der Waals surface area contributed by atoms with Crippen LogP contribution in [0.15, 0.2) is 45.9 Å². The number of alkyl halides is 1. The van der Waals surface area contributed by atoms with Gasteiger partial charge < -0.3 is 4.42 Å². The first-order valence-electron chi connectivity index (χ1n) is 4.67. The van der Waals surface area contributed by atoms with Gasteiger partial charge in [0.25, 0.3) is 5.91 Å². The number of nitrogens with zero attached hydrogens (tertiary/aromatic N) is 1. The number of carbonyl (C=O) groups is 1. The van der Waals surface area contributed by atoms with Gasteiger partial charge in [-0.15, -0.1) is 16.7 Å². The fourth-order valence-corrected chi connectivity index (χ4v) is 1.29. The van der Waals surface area contributed by atoms with Crippen molar-refractivity contribution in [3.05, 3.63) is 42.0 Å². The lowest BCUT2D eigenvalue weighted by molar-refractivity contribution is -0.118. The summed E-state index contributed by atoms with van der Waals surface area (Å²) in [5.74, 6) is -0.498. The van der Waals surface area contributed by atoms with Crippen molar-refractivity contribution in [2.75, 3.05) is 5.88 Å². The lowest BCUT2D eigenvalue weighted by atomic mass is 10.2. The van der Waals surface area contributed by atoms with E-state index in [1.54, 1.807) is 6.07 Å². The summed E-state index contributed by atoms with van der Waals surface area (Å²) in [6.07, 6.45) is 0. The molecule has 0 aliphatic heterocycles. The van der Waals surface area contributed by atoms with Gasteiger partial charge in [-0.2, -0.15) is 0 Å². The van der Waals surface area contributed by atoms with Crippen molar-refractivity contribution in [2.24, 2.45) is 5.10 Å². The molecule has 4 nitrogen and oxygen atoms in total. The molecule has 82 valence electrons. The Bertz CT molecular complexity index is 577. The highest BCUT2D eigenvalue weighted by atomic mass is 35.5. The highest BCUT2D eigenvalue weighted by Crippen LogP contribution is 2.09. The standard InChI is InChI=1S/C11H9ClN2O2/c12-7-10(15)13-14-11-6-5-8-3-1-2-4-9(8)16-11/h1-6H,7H2,(H,13,15)/b14-11-. The molecule has 1 amide bonds. The van der Waals surface area contributed by atoms with Gasteiger partial charge in [-0.25, -0.2) is 5.43 Å². The normalized spacial score (nSPS) is 11.7. The summed E-state index contributed by atoms with van der Waals surface area (Å²) in [6, 6.07) is 11.1. The summed E-state index contributed by atoms with van der Waals surface area (Å²) in [5, 5.41) is 4.75. The first-order valence-corrected chi connectivity index (χ1v) is 5.20. The summed E-state index contributed by atoms with van der Waals surface area (Å²) in [7, 11) is 0. The molecule has 1 N–H and O–H groups in total. The molecule has 0 spiro atoms. The Morgan fingerprint density at radius 1 is 1.31 bits per heavy atom. The minimum atomic E-state index is -0.370. The summed E-state index contributed by atoms with van der Waals surface area (Å²) < 4.78 is 5.43. The first kappa shape index (κ1) is 10.7. The number of rotatable bonds is 2. The quantitative estimate of drug-likeness (QED) is 0.636. The average Bonchev–Trinajstić information content (AvgIpc) is 2.35. The van der Waals surface area contributed by atoms with Gasteiger partial charge in [0, 0.05) is 11.5 Å². The topological polar surface area (TPSA) is 54.6 Å². The van der Waals surface area contributed by atoms with Crippen LogP contribution in [0.1, 0.15) is 0 Å². The second kappa shape index (κ2) is 4.81. The fourth-order valence-electron chi connectivity index (χ4n) is 1.23. The molecule has 0 fully saturated rings. The maximum absolute atomic E-state index is 10.9. The van der Waals surface area contributed by atoms with Crippen molar-refractivity contribution in [2.45, 2.75) is 0 Å². The van der Waals surface area contributed by atoms with Gasteiger partial charge in [-0.3, -0.25) is 4.79 Å².